The smallest absolute Gasteiger partial charge is 0.247 e. The van der Waals surface area contributed by atoms with E-state index in [0.29, 0.717) is 53.3 Å². The summed E-state index contributed by atoms with van der Waals surface area (Å²) in [6, 6.07) is 16.8. The monoisotopic (exact) mass is 858 g/mol. The first-order chi connectivity index (χ1) is 29.5. The average molecular weight is 859 g/mol. The molecule has 0 spiro atoms. The molecule has 1 heterocycles. The van der Waals surface area contributed by atoms with E-state index in [1.54, 1.807) is 48.5 Å². The Labute approximate surface area is 363 Å². The molecule has 2 fully saturated rings. The van der Waals surface area contributed by atoms with Gasteiger partial charge in [0.15, 0.2) is 0 Å². The summed E-state index contributed by atoms with van der Waals surface area (Å²) >= 11 is 6.43. The van der Waals surface area contributed by atoms with Gasteiger partial charge in [-0.15, -0.1) is 0 Å². The number of nitrogens with one attached hydrogen (secondary N) is 6. The summed E-state index contributed by atoms with van der Waals surface area (Å²) in [4.78, 5) is 80.1. The molecular weight excluding hydrogens is 799 g/mol. The molecule has 3 atom stereocenters. The molecule has 6 amide bonds. The predicted octanol–water partition coefficient (Wildman–Crippen LogP) is 6.24. The fourth-order valence-electron chi connectivity index (χ4n) is 7.90. The van der Waals surface area contributed by atoms with E-state index >= 15 is 0 Å². The Balaban J connectivity index is 1.28. The molecule has 1 saturated heterocycles. The first-order valence-corrected chi connectivity index (χ1v) is 22.2. The van der Waals surface area contributed by atoms with E-state index in [0.717, 1.165) is 70.6 Å². The number of anilines is 1. The molecule has 0 unspecified atom stereocenters. The molecule has 0 radical (unpaired) electrons. The van der Waals surface area contributed by atoms with Crippen LogP contribution in [0.4, 0.5) is 10.1 Å². The lowest BCUT2D eigenvalue weighted by Crippen LogP contribution is -2.57. The van der Waals surface area contributed by atoms with Gasteiger partial charge < -0.3 is 31.9 Å². The number of carbonyl (C=O) groups is 6. The standard InChI is InChI=1S/C47H60ClFN6O6/c48-38-16-10-9-15-35(38)31-40(54-43(58)30-33-19-23-36(49)24-20-33)45(59)52-37-25-21-32(22-26-37)29-39-46(60)55-44(34-13-5-3-6-14-34)47(61)51-28-12-4-11-27-50-41(56)17-7-1-2-8-18-42(57)53-39/h9-10,15-16,19-26,34,39-40,44H,1-8,11-14,17-18,27-31H2,(H,50,56)(H,51,61)(H,52,59)(H,53,57)(H,54,58)(H,55,60)/t39-,40+,44-/m1/s1. The Morgan fingerprint density at radius 3 is 2.02 bits per heavy atom. The van der Waals surface area contributed by atoms with Gasteiger partial charge in [-0.3, -0.25) is 28.8 Å². The zero-order valence-electron chi connectivity index (χ0n) is 34.9. The molecule has 3 aromatic carbocycles. The predicted molar refractivity (Wildman–Crippen MR) is 234 cm³/mol. The number of carbonyl (C=O) groups excluding carboxylic acids is 6. The van der Waals surface area contributed by atoms with Gasteiger partial charge in [0, 0.05) is 49.5 Å². The minimum absolute atomic E-state index is 0.0243. The molecule has 328 valence electrons. The van der Waals surface area contributed by atoms with E-state index in [1.807, 2.05) is 0 Å². The maximum atomic E-state index is 14.1. The summed E-state index contributed by atoms with van der Waals surface area (Å²) in [5.41, 5.74) is 2.41. The first-order valence-electron chi connectivity index (χ1n) is 21.8. The second-order valence-electron chi connectivity index (χ2n) is 16.2. The highest BCUT2D eigenvalue weighted by Gasteiger charge is 2.33. The van der Waals surface area contributed by atoms with E-state index in [9.17, 15) is 33.2 Å². The maximum Gasteiger partial charge on any atom is 0.247 e. The van der Waals surface area contributed by atoms with Crippen LogP contribution in [0.25, 0.3) is 0 Å². The second kappa shape index (κ2) is 24.8. The van der Waals surface area contributed by atoms with Crippen molar-refractivity contribution >= 4 is 52.7 Å². The number of halogens is 2. The molecule has 61 heavy (non-hydrogen) atoms. The summed E-state index contributed by atoms with van der Waals surface area (Å²) in [6.07, 6.45) is 10.8. The summed E-state index contributed by atoms with van der Waals surface area (Å²) in [5.74, 6) is -2.27. The highest BCUT2D eigenvalue weighted by atomic mass is 35.5. The van der Waals surface area contributed by atoms with Crippen LogP contribution in [0.15, 0.2) is 72.8 Å². The SMILES string of the molecule is O=C1CCCCCCC(=O)N[C@H](Cc2ccc(NC(=O)[C@H](Cc3ccccc3Cl)NC(=O)Cc3ccc(F)cc3)cc2)C(=O)N[C@H](C2CCCCC2)C(=O)NCCCCCN1. The van der Waals surface area contributed by atoms with E-state index < -0.39 is 41.7 Å². The van der Waals surface area contributed by atoms with E-state index in [1.165, 1.54) is 24.3 Å². The van der Waals surface area contributed by atoms with E-state index in [4.69, 9.17) is 11.6 Å². The van der Waals surface area contributed by atoms with Crippen molar-refractivity contribution in [3.8, 4) is 0 Å². The van der Waals surface area contributed by atoms with Crippen molar-refractivity contribution in [2.75, 3.05) is 18.4 Å². The molecule has 0 aromatic heterocycles. The fourth-order valence-corrected chi connectivity index (χ4v) is 8.11. The van der Waals surface area contributed by atoms with Crippen molar-refractivity contribution in [1.82, 2.24) is 26.6 Å². The maximum absolute atomic E-state index is 14.1. The lowest BCUT2D eigenvalue weighted by atomic mass is 9.83. The molecule has 6 N–H and O–H groups in total. The highest BCUT2D eigenvalue weighted by molar-refractivity contribution is 6.31. The molecule has 1 saturated carbocycles. The summed E-state index contributed by atoms with van der Waals surface area (Å²) in [5, 5.41) is 18.1. The third kappa shape index (κ3) is 16.2. The van der Waals surface area contributed by atoms with Crippen LogP contribution in [0.2, 0.25) is 5.02 Å². The Kier molecular flexibility index (Phi) is 19.0. The Morgan fingerprint density at radius 2 is 1.31 bits per heavy atom. The Hall–Kier alpha value is -5.30. The largest absolute Gasteiger partial charge is 0.356 e. The fraction of sp³-hybridized carbons (Fsp3) is 0.489. The van der Waals surface area contributed by atoms with Crippen molar-refractivity contribution in [3.05, 3.63) is 100 Å². The normalized spacial score (nSPS) is 20.1. The van der Waals surface area contributed by atoms with Crippen molar-refractivity contribution in [2.24, 2.45) is 5.92 Å². The topological polar surface area (TPSA) is 175 Å². The number of amides is 6. The van der Waals surface area contributed by atoms with Gasteiger partial charge in [0.25, 0.3) is 0 Å². The van der Waals surface area contributed by atoms with Crippen LogP contribution in [0.1, 0.15) is 107 Å². The van der Waals surface area contributed by atoms with Crippen LogP contribution in [-0.2, 0) is 48.0 Å². The molecule has 0 bridgehead atoms. The van der Waals surface area contributed by atoms with E-state index in [2.05, 4.69) is 31.9 Å². The average Bonchev–Trinajstić information content (AvgIpc) is 3.25. The van der Waals surface area contributed by atoms with Crippen LogP contribution in [-0.4, -0.2) is 66.7 Å². The molecule has 12 nitrogen and oxygen atoms in total. The van der Waals surface area contributed by atoms with Gasteiger partial charge in [-0.2, -0.15) is 0 Å². The second-order valence-corrected chi connectivity index (χ2v) is 16.6. The van der Waals surface area contributed by atoms with Crippen LogP contribution in [0.5, 0.6) is 0 Å². The van der Waals surface area contributed by atoms with Gasteiger partial charge in [0.1, 0.15) is 23.9 Å². The first kappa shape index (κ1) is 46.8. The minimum atomic E-state index is -0.995. The molecule has 1 aliphatic heterocycles. The molecule has 1 aliphatic carbocycles. The van der Waals surface area contributed by atoms with Crippen LogP contribution < -0.4 is 31.9 Å². The van der Waals surface area contributed by atoms with Crippen molar-refractivity contribution in [3.63, 3.8) is 0 Å². The number of benzene rings is 3. The quantitative estimate of drug-likeness (QED) is 0.141. The third-order valence-corrected chi connectivity index (χ3v) is 11.7. The molecule has 14 heteroatoms. The van der Waals surface area contributed by atoms with Gasteiger partial charge in [0.2, 0.25) is 35.4 Å². The van der Waals surface area contributed by atoms with Gasteiger partial charge in [-0.1, -0.05) is 86.2 Å². The third-order valence-electron chi connectivity index (χ3n) is 11.4. The molecule has 5 rings (SSSR count). The summed E-state index contributed by atoms with van der Waals surface area (Å²) in [6.45, 7) is 1.05. The number of hydrogen-bond acceptors (Lipinski definition) is 6. The van der Waals surface area contributed by atoms with Gasteiger partial charge in [-0.25, -0.2) is 4.39 Å². The highest BCUT2D eigenvalue weighted by Crippen LogP contribution is 2.27. The van der Waals surface area contributed by atoms with Crippen LogP contribution >= 0.6 is 11.6 Å². The van der Waals surface area contributed by atoms with Crippen molar-refractivity contribution in [2.45, 2.75) is 127 Å². The number of hydrogen-bond donors (Lipinski definition) is 6. The number of rotatable bonds is 10. The minimum Gasteiger partial charge on any atom is -0.356 e. The van der Waals surface area contributed by atoms with Crippen LogP contribution in [0.3, 0.4) is 0 Å². The lowest BCUT2D eigenvalue weighted by Gasteiger charge is -2.31. The van der Waals surface area contributed by atoms with Gasteiger partial charge in [0.05, 0.1) is 6.42 Å². The Bertz CT molecular complexity index is 1920. The van der Waals surface area contributed by atoms with Crippen molar-refractivity contribution < 1.29 is 33.2 Å². The molecule has 2 aliphatic rings. The summed E-state index contributed by atoms with van der Waals surface area (Å²) < 4.78 is 13.5. The van der Waals surface area contributed by atoms with Gasteiger partial charge >= 0.3 is 0 Å². The molecular formula is C47H60ClFN6O6. The summed E-state index contributed by atoms with van der Waals surface area (Å²) in [7, 11) is 0. The van der Waals surface area contributed by atoms with Crippen LogP contribution in [0, 0.1) is 11.7 Å². The van der Waals surface area contributed by atoms with E-state index in [-0.39, 0.29) is 49.3 Å². The zero-order valence-corrected chi connectivity index (χ0v) is 35.6. The molecule has 3 aromatic rings. The Morgan fingerprint density at radius 1 is 0.689 bits per heavy atom. The van der Waals surface area contributed by atoms with Gasteiger partial charge in [-0.05, 0) is 97.9 Å². The van der Waals surface area contributed by atoms with Crippen molar-refractivity contribution in [1.29, 1.82) is 0 Å². The zero-order chi connectivity index (χ0) is 43.4. The lowest BCUT2D eigenvalue weighted by molar-refractivity contribution is -0.133.